The highest BCUT2D eigenvalue weighted by molar-refractivity contribution is 7.98. The van der Waals surface area contributed by atoms with Crippen LogP contribution < -0.4 is 0 Å². The van der Waals surface area contributed by atoms with Crippen LogP contribution in [-0.2, 0) is 23.5 Å². The van der Waals surface area contributed by atoms with E-state index in [1.165, 1.54) is 17.0 Å². The predicted octanol–water partition coefficient (Wildman–Crippen LogP) is 5.83. The summed E-state index contributed by atoms with van der Waals surface area (Å²) in [5, 5.41) is 12.3. The maximum absolute atomic E-state index is 13.3. The molecular formula is C20H21ClFN3OS2. The number of rotatable bonds is 7. The first-order valence-corrected chi connectivity index (χ1v) is 11.6. The zero-order valence-corrected chi connectivity index (χ0v) is 17.9. The highest BCUT2D eigenvalue weighted by atomic mass is 35.5. The van der Waals surface area contributed by atoms with Crippen LogP contribution in [-0.4, -0.2) is 27.5 Å². The van der Waals surface area contributed by atoms with Crippen molar-refractivity contribution in [3.63, 3.8) is 0 Å². The second-order valence-corrected chi connectivity index (χ2v) is 9.08. The van der Waals surface area contributed by atoms with Crippen LogP contribution in [0.25, 0.3) is 11.4 Å². The lowest BCUT2D eigenvalue weighted by Gasteiger charge is -2.14. The molecule has 3 aromatic rings. The number of hydrogen-bond donors (Lipinski definition) is 0. The number of nitrogens with zero attached hydrogens (tertiary/aromatic N) is 3. The van der Waals surface area contributed by atoms with Gasteiger partial charge in [-0.3, -0.25) is 4.57 Å². The lowest BCUT2D eigenvalue weighted by atomic mass is 10.2. The Morgan fingerprint density at radius 2 is 2.25 bits per heavy atom. The summed E-state index contributed by atoms with van der Waals surface area (Å²) in [6.45, 7) is 3.70. The molecule has 148 valence electrons. The van der Waals surface area contributed by atoms with Gasteiger partial charge in [0.25, 0.3) is 0 Å². The van der Waals surface area contributed by atoms with E-state index < -0.39 is 0 Å². The SMILES string of the molecule is CCc1cc(-c2nnc(SCc3ccc(F)cc3Cl)n2CC2CCCO2)cs1. The quantitative estimate of drug-likeness (QED) is 0.436. The van der Waals surface area contributed by atoms with E-state index >= 15 is 0 Å². The minimum absolute atomic E-state index is 0.188. The Labute approximate surface area is 177 Å². The molecule has 1 saturated heterocycles. The van der Waals surface area contributed by atoms with Gasteiger partial charge in [0.2, 0.25) is 0 Å². The molecule has 0 saturated carbocycles. The van der Waals surface area contributed by atoms with Crippen LogP contribution in [0.15, 0.2) is 34.8 Å². The average Bonchev–Trinajstić information content (AvgIpc) is 3.42. The third kappa shape index (κ3) is 4.43. The van der Waals surface area contributed by atoms with Gasteiger partial charge in [0.1, 0.15) is 5.82 Å². The van der Waals surface area contributed by atoms with E-state index in [4.69, 9.17) is 16.3 Å². The van der Waals surface area contributed by atoms with Crippen molar-refractivity contribution in [1.29, 1.82) is 0 Å². The summed E-state index contributed by atoms with van der Waals surface area (Å²) < 4.78 is 21.3. The van der Waals surface area contributed by atoms with E-state index in [9.17, 15) is 4.39 Å². The molecule has 0 N–H and O–H groups in total. The van der Waals surface area contributed by atoms with Gasteiger partial charge in [0, 0.05) is 33.2 Å². The van der Waals surface area contributed by atoms with Gasteiger partial charge in [-0.15, -0.1) is 21.5 Å². The zero-order chi connectivity index (χ0) is 19.5. The number of aromatic nitrogens is 3. The van der Waals surface area contributed by atoms with Gasteiger partial charge in [0.15, 0.2) is 11.0 Å². The van der Waals surface area contributed by atoms with E-state index in [1.54, 1.807) is 29.2 Å². The third-order valence-electron chi connectivity index (χ3n) is 4.76. The fourth-order valence-electron chi connectivity index (χ4n) is 3.23. The van der Waals surface area contributed by atoms with Crippen LogP contribution in [0.5, 0.6) is 0 Å². The van der Waals surface area contributed by atoms with Crippen LogP contribution in [0.2, 0.25) is 5.02 Å². The number of thioether (sulfide) groups is 1. The topological polar surface area (TPSA) is 39.9 Å². The molecule has 28 heavy (non-hydrogen) atoms. The van der Waals surface area contributed by atoms with Crippen molar-refractivity contribution >= 4 is 34.7 Å². The maximum atomic E-state index is 13.3. The lowest BCUT2D eigenvalue weighted by Crippen LogP contribution is -2.16. The lowest BCUT2D eigenvalue weighted by molar-refractivity contribution is 0.0953. The molecule has 0 spiro atoms. The zero-order valence-electron chi connectivity index (χ0n) is 15.5. The van der Waals surface area contributed by atoms with Crippen molar-refractivity contribution in [2.75, 3.05) is 6.61 Å². The summed E-state index contributed by atoms with van der Waals surface area (Å²) in [6.07, 6.45) is 3.34. The number of aryl methyl sites for hydroxylation is 1. The molecule has 1 atom stereocenters. The van der Waals surface area contributed by atoms with E-state index in [0.29, 0.717) is 10.8 Å². The Kier molecular flexibility index (Phi) is 6.35. The summed E-state index contributed by atoms with van der Waals surface area (Å²) in [6, 6.07) is 6.68. The fourth-order valence-corrected chi connectivity index (χ4v) is 5.31. The molecule has 1 aromatic carbocycles. The maximum Gasteiger partial charge on any atom is 0.191 e. The highest BCUT2D eigenvalue weighted by Gasteiger charge is 2.22. The molecular weight excluding hydrogens is 417 g/mol. The highest BCUT2D eigenvalue weighted by Crippen LogP contribution is 2.32. The van der Waals surface area contributed by atoms with Crippen LogP contribution in [0.4, 0.5) is 4.39 Å². The Balaban J connectivity index is 1.60. The molecule has 1 unspecified atom stereocenters. The first-order chi connectivity index (χ1) is 13.6. The Hall–Kier alpha value is -1.41. The number of halogens is 2. The first-order valence-electron chi connectivity index (χ1n) is 9.33. The molecule has 2 aromatic heterocycles. The van der Waals surface area contributed by atoms with Crippen molar-refractivity contribution in [3.8, 4) is 11.4 Å². The van der Waals surface area contributed by atoms with Crippen molar-refractivity contribution in [3.05, 3.63) is 50.9 Å². The summed E-state index contributed by atoms with van der Waals surface area (Å²) >= 11 is 9.49. The van der Waals surface area contributed by atoms with Crippen molar-refractivity contribution in [2.24, 2.45) is 0 Å². The molecule has 1 aliphatic heterocycles. The van der Waals surface area contributed by atoms with Crippen molar-refractivity contribution in [1.82, 2.24) is 14.8 Å². The minimum Gasteiger partial charge on any atom is -0.376 e. The monoisotopic (exact) mass is 437 g/mol. The molecule has 0 radical (unpaired) electrons. The average molecular weight is 438 g/mol. The second-order valence-electron chi connectivity index (χ2n) is 6.73. The van der Waals surface area contributed by atoms with E-state index in [2.05, 4.69) is 33.1 Å². The number of thiophene rings is 1. The summed E-state index contributed by atoms with van der Waals surface area (Å²) in [5.41, 5.74) is 1.98. The van der Waals surface area contributed by atoms with Crippen molar-refractivity contribution < 1.29 is 9.13 Å². The number of hydrogen-bond acceptors (Lipinski definition) is 5. The van der Waals surface area contributed by atoms with Gasteiger partial charge in [-0.1, -0.05) is 36.4 Å². The van der Waals surface area contributed by atoms with Gasteiger partial charge in [-0.05, 0) is 43.0 Å². The standard InChI is InChI=1S/C20H21ClFN3OS2/c1-2-17-8-14(12-27-17)19-23-24-20(25(19)10-16-4-3-7-26-16)28-11-13-5-6-15(22)9-18(13)21/h5-6,8-9,12,16H,2-4,7,10-11H2,1H3. The van der Waals surface area contributed by atoms with Crippen molar-refractivity contribution in [2.45, 2.75) is 49.7 Å². The Morgan fingerprint density at radius 3 is 2.96 bits per heavy atom. The third-order valence-corrected chi connectivity index (χ3v) is 7.21. The van der Waals surface area contributed by atoms with Crippen LogP contribution >= 0.6 is 34.7 Å². The van der Waals surface area contributed by atoms with Gasteiger partial charge < -0.3 is 4.74 Å². The van der Waals surface area contributed by atoms with E-state index in [1.807, 2.05) is 0 Å². The molecule has 8 heteroatoms. The molecule has 0 aliphatic carbocycles. The smallest absolute Gasteiger partial charge is 0.191 e. The van der Waals surface area contributed by atoms with Gasteiger partial charge >= 0.3 is 0 Å². The number of ether oxygens (including phenoxy) is 1. The second kappa shape index (κ2) is 8.95. The first kappa shape index (κ1) is 19.9. The molecule has 0 amide bonds. The molecule has 0 bridgehead atoms. The van der Waals surface area contributed by atoms with Gasteiger partial charge in [0.05, 0.1) is 12.6 Å². The van der Waals surface area contributed by atoms with E-state index in [-0.39, 0.29) is 11.9 Å². The largest absolute Gasteiger partial charge is 0.376 e. The fraction of sp³-hybridized carbons (Fsp3) is 0.400. The molecule has 4 nitrogen and oxygen atoms in total. The van der Waals surface area contributed by atoms with E-state index in [0.717, 1.165) is 54.5 Å². The van der Waals surface area contributed by atoms with Crippen LogP contribution in [0.1, 0.15) is 30.2 Å². The van der Waals surface area contributed by atoms with Gasteiger partial charge in [-0.25, -0.2) is 4.39 Å². The molecule has 4 rings (SSSR count). The Morgan fingerprint density at radius 1 is 1.36 bits per heavy atom. The minimum atomic E-state index is -0.327. The summed E-state index contributed by atoms with van der Waals surface area (Å²) in [7, 11) is 0. The number of benzene rings is 1. The van der Waals surface area contributed by atoms with Gasteiger partial charge in [-0.2, -0.15) is 0 Å². The normalized spacial score (nSPS) is 16.8. The van der Waals surface area contributed by atoms with Crippen LogP contribution in [0.3, 0.4) is 0 Å². The summed E-state index contributed by atoms with van der Waals surface area (Å²) in [5.74, 6) is 1.15. The molecule has 1 aliphatic rings. The molecule has 3 heterocycles. The predicted molar refractivity (Wildman–Crippen MR) is 113 cm³/mol. The summed E-state index contributed by atoms with van der Waals surface area (Å²) in [4.78, 5) is 1.33. The Bertz CT molecular complexity index is 953. The van der Waals surface area contributed by atoms with Crippen LogP contribution in [0, 0.1) is 5.82 Å². The molecule has 1 fully saturated rings.